The summed E-state index contributed by atoms with van der Waals surface area (Å²) in [6, 6.07) is 2.68. The summed E-state index contributed by atoms with van der Waals surface area (Å²) in [6.45, 7) is 1.53. The van der Waals surface area contributed by atoms with Crippen molar-refractivity contribution >= 4 is 5.69 Å². The molecule has 60 valence electrons. The van der Waals surface area contributed by atoms with Crippen molar-refractivity contribution in [3.63, 3.8) is 0 Å². The van der Waals surface area contributed by atoms with E-state index in [2.05, 4.69) is 5.32 Å². The van der Waals surface area contributed by atoms with Crippen LogP contribution in [0.3, 0.4) is 0 Å². The molecular formula is C8H9F2N. The predicted molar refractivity (Wildman–Crippen MR) is 40.6 cm³/mol. The summed E-state index contributed by atoms with van der Waals surface area (Å²) in [7, 11) is 1.66. The smallest absolute Gasteiger partial charge is 0.161 e. The molecule has 0 fully saturated rings. The molecule has 0 amide bonds. The molecule has 3 heteroatoms. The number of rotatable bonds is 1. The van der Waals surface area contributed by atoms with Crippen molar-refractivity contribution in [1.82, 2.24) is 0 Å². The van der Waals surface area contributed by atoms with Crippen LogP contribution in [0.2, 0.25) is 0 Å². The van der Waals surface area contributed by atoms with Crippen LogP contribution >= 0.6 is 0 Å². The molecule has 0 aliphatic rings. The highest BCUT2D eigenvalue weighted by Crippen LogP contribution is 2.16. The Kier molecular flexibility index (Phi) is 2.08. The van der Waals surface area contributed by atoms with E-state index in [9.17, 15) is 8.78 Å². The number of hydrogen-bond acceptors (Lipinski definition) is 1. The quantitative estimate of drug-likeness (QED) is 0.659. The minimum atomic E-state index is -0.811. The second-order valence-electron chi connectivity index (χ2n) is 2.34. The maximum absolute atomic E-state index is 12.6. The first-order valence-corrected chi connectivity index (χ1v) is 3.28. The van der Waals surface area contributed by atoms with E-state index in [0.717, 1.165) is 6.07 Å². The molecular weight excluding hydrogens is 148 g/mol. The van der Waals surface area contributed by atoms with Crippen molar-refractivity contribution in [2.75, 3.05) is 12.4 Å². The van der Waals surface area contributed by atoms with Gasteiger partial charge in [0.05, 0.1) is 0 Å². The lowest BCUT2D eigenvalue weighted by Gasteiger charge is -2.02. The molecule has 1 nitrogen and oxygen atoms in total. The summed E-state index contributed by atoms with van der Waals surface area (Å²) in [5.41, 5.74) is 0.899. The molecule has 11 heavy (non-hydrogen) atoms. The van der Waals surface area contributed by atoms with Crippen LogP contribution in [0.1, 0.15) is 5.56 Å². The van der Waals surface area contributed by atoms with Crippen LogP contribution in [0.15, 0.2) is 12.1 Å². The van der Waals surface area contributed by atoms with Crippen LogP contribution in [0.5, 0.6) is 0 Å². The third-order valence-electron chi connectivity index (χ3n) is 1.50. The van der Waals surface area contributed by atoms with Gasteiger partial charge in [0.2, 0.25) is 0 Å². The summed E-state index contributed by atoms with van der Waals surface area (Å²) in [5.74, 6) is -1.58. The average Bonchev–Trinajstić information content (AvgIpc) is 1.99. The van der Waals surface area contributed by atoms with E-state index in [0.29, 0.717) is 11.3 Å². The molecule has 1 aromatic carbocycles. The monoisotopic (exact) mass is 157 g/mol. The Bertz CT molecular complexity index is 248. The number of hydrogen-bond donors (Lipinski definition) is 1. The molecule has 0 aliphatic carbocycles. The summed E-state index contributed by atoms with van der Waals surface area (Å²) in [6.07, 6.45) is 0. The Hall–Kier alpha value is -1.12. The summed E-state index contributed by atoms with van der Waals surface area (Å²) < 4.78 is 25.3. The highest BCUT2D eigenvalue weighted by atomic mass is 19.2. The number of aryl methyl sites for hydroxylation is 1. The van der Waals surface area contributed by atoms with Crippen molar-refractivity contribution in [3.8, 4) is 0 Å². The Labute approximate surface area is 64.0 Å². The highest BCUT2D eigenvalue weighted by molar-refractivity contribution is 5.45. The maximum atomic E-state index is 12.6. The van der Waals surface area contributed by atoms with E-state index in [1.54, 1.807) is 13.1 Å². The zero-order chi connectivity index (χ0) is 8.43. The molecule has 0 heterocycles. The van der Waals surface area contributed by atoms with E-state index >= 15 is 0 Å². The standard InChI is InChI=1S/C8H9F2N/c1-5-3-6(11-2)4-7(9)8(5)10/h3-4,11H,1-2H3. The highest BCUT2D eigenvalue weighted by Gasteiger charge is 2.05. The first kappa shape index (κ1) is 7.98. The molecule has 0 bridgehead atoms. The van der Waals surface area contributed by atoms with Crippen LogP contribution in [0.25, 0.3) is 0 Å². The van der Waals surface area contributed by atoms with Gasteiger partial charge in [0.1, 0.15) is 0 Å². The molecule has 0 unspecified atom stereocenters. The van der Waals surface area contributed by atoms with Gasteiger partial charge in [-0.2, -0.15) is 0 Å². The van der Waals surface area contributed by atoms with Crippen molar-refractivity contribution in [2.24, 2.45) is 0 Å². The van der Waals surface area contributed by atoms with Gasteiger partial charge in [0.15, 0.2) is 11.6 Å². The zero-order valence-corrected chi connectivity index (χ0v) is 6.41. The topological polar surface area (TPSA) is 12.0 Å². The Morgan fingerprint density at radius 3 is 2.36 bits per heavy atom. The summed E-state index contributed by atoms with van der Waals surface area (Å²) in [5, 5.41) is 2.73. The normalized spacial score (nSPS) is 9.82. The van der Waals surface area contributed by atoms with Gasteiger partial charge in [0, 0.05) is 18.8 Å². The largest absolute Gasteiger partial charge is 0.388 e. The fraction of sp³-hybridized carbons (Fsp3) is 0.250. The first-order chi connectivity index (χ1) is 5.15. The van der Waals surface area contributed by atoms with Gasteiger partial charge in [0.25, 0.3) is 0 Å². The van der Waals surface area contributed by atoms with Gasteiger partial charge in [-0.1, -0.05) is 0 Å². The minimum Gasteiger partial charge on any atom is -0.388 e. The van der Waals surface area contributed by atoms with Gasteiger partial charge in [-0.3, -0.25) is 0 Å². The van der Waals surface area contributed by atoms with E-state index in [1.165, 1.54) is 6.92 Å². The summed E-state index contributed by atoms with van der Waals surface area (Å²) >= 11 is 0. The third-order valence-corrected chi connectivity index (χ3v) is 1.50. The van der Waals surface area contributed by atoms with Crippen LogP contribution in [-0.2, 0) is 0 Å². The third kappa shape index (κ3) is 1.48. The van der Waals surface area contributed by atoms with Gasteiger partial charge >= 0.3 is 0 Å². The zero-order valence-electron chi connectivity index (χ0n) is 6.41. The molecule has 1 rings (SSSR count). The van der Waals surface area contributed by atoms with Gasteiger partial charge in [-0.25, -0.2) is 8.78 Å². The van der Waals surface area contributed by atoms with E-state index < -0.39 is 11.6 Å². The Morgan fingerprint density at radius 1 is 1.27 bits per heavy atom. The van der Waals surface area contributed by atoms with Crippen molar-refractivity contribution < 1.29 is 8.78 Å². The van der Waals surface area contributed by atoms with E-state index in [1.807, 2.05) is 0 Å². The van der Waals surface area contributed by atoms with Crippen molar-refractivity contribution in [3.05, 3.63) is 29.3 Å². The predicted octanol–water partition coefficient (Wildman–Crippen LogP) is 2.31. The van der Waals surface area contributed by atoms with E-state index in [4.69, 9.17) is 0 Å². The van der Waals surface area contributed by atoms with Crippen LogP contribution in [0, 0.1) is 18.6 Å². The van der Waals surface area contributed by atoms with E-state index in [-0.39, 0.29) is 0 Å². The van der Waals surface area contributed by atoms with Gasteiger partial charge < -0.3 is 5.32 Å². The molecule has 0 radical (unpaired) electrons. The molecule has 0 aliphatic heterocycles. The lowest BCUT2D eigenvalue weighted by Crippen LogP contribution is -1.94. The lowest BCUT2D eigenvalue weighted by atomic mass is 10.2. The molecule has 0 saturated heterocycles. The minimum absolute atomic E-state index is 0.314. The first-order valence-electron chi connectivity index (χ1n) is 3.28. The average molecular weight is 157 g/mol. The van der Waals surface area contributed by atoms with Crippen LogP contribution in [0.4, 0.5) is 14.5 Å². The molecule has 0 aromatic heterocycles. The lowest BCUT2D eigenvalue weighted by molar-refractivity contribution is 0.503. The molecule has 1 aromatic rings. The number of nitrogens with one attached hydrogen (secondary N) is 1. The molecule has 0 atom stereocenters. The fourth-order valence-corrected chi connectivity index (χ4v) is 0.871. The van der Waals surface area contributed by atoms with Crippen LogP contribution < -0.4 is 5.32 Å². The second-order valence-corrected chi connectivity index (χ2v) is 2.34. The Balaban J connectivity index is 3.21. The molecule has 0 saturated carbocycles. The molecule has 1 N–H and O–H groups in total. The van der Waals surface area contributed by atoms with Crippen LogP contribution in [-0.4, -0.2) is 7.05 Å². The summed E-state index contributed by atoms with van der Waals surface area (Å²) in [4.78, 5) is 0. The second kappa shape index (κ2) is 2.86. The van der Waals surface area contributed by atoms with Crippen molar-refractivity contribution in [2.45, 2.75) is 6.92 Å². The number of benzene rings is 1. The number of halogens is 2. The maximum Gasteiger partial charge on any atom is 0.161 e. The fourth-order valence-electron chi connectivity index (χ4n) is 0.871. The van der Waals surface area contributed by atoms with Crippen molar-refractivity contribution in [1.29, 1.82) is 0 Å². The van der Waals surface area contributed by atoms with Gasteiger partial charge in [-0.05, 0) is 18.6 Å². The van der Waals surface area contributed by atoms with Gasteiger partial charge in [-0.15, -0.1) is 0 Å². The number of anilines is 1. The molecule has 0 spiro atoms. The SMILES string of the molecule is CNc1cc(C)c(F)c(F)c1. The Morgan fingerprint density at radius 2 is 1.91 bits per heavy atom.